The van der Waals surface area contributed by atoms with Gasteiger partial charge in [-0.05, 0) is 49.6 Å². The third-order valence-corrected chi connectivity index (χ3v) is 6.52. The van der Waals surface area contributed by atoms with Crippen molar-refractivity contribution in [3.8, 4) is 0 Å². The van der Waals surface area contributed by atoms with Crippen molar-refractivity contribution in [2.75, 3.05) is 7.05 Å². The number of benzene rings is 1. The van der Waals surface area contributed by atoms with Gasteiger partial charge in [0.25, 0.3) is 0 Å². The van der Waals surface area contributed by atoms with Crippen LogP contribution in [0, 0.1) is 17.3 Å². The molecule has 1 N–H and O–H groups in total. The van der Waals surface area contributed by atoms with E-state index in [4.69, 9.17) is 4.52 Å². The van der Waals surface area contributed by atoms with E-state index in [1.165, 1.54) is 5.56 Å². The zero-order chi connectivity index (χ0) is 19.7. The summed E-state index contributed by atoms with van der Waals surface area (Å²) in [5.41, 5.74) is 2.42. The van der Waals surface area contributed by atoms with Crippen molar-refractivity contribution < 1.29 is 9.32 Å². The van der Waals surface area contributed by atoms with Crippen molar-refractivity contribution in [2.45, 2.75) is 58.7 Å². The van der Waals surface area contributed by atoms with Crippen molar-refractivity contribution in [3.63, 3.8) is 0 Å². The fourth-order valence-electron chi connectivity index (χ4n) is 4.24. The maximum Gasteiger partial charge on any atom is 0.223 e. The van der Waals surface area contributed by atoms with Crippen molar-refractivity contribution in [1.29, 1.82) is 0 Å². The van der Waals surface area contributed by atoms with Crippen LogP contribution in [0.3, 0.4) is 0 Å². The molecular weight excluding hydrogens is 350 g/mol. The topological polar surface area (TPSA) is 58.4 Å². The minimum Gasteiger partial charge on any atom is -0.360 e. The number of carbonyl (C=O) groups excluding carboxylic acids is 1. The first-order chi connectivity index (χ1) is 13.4. The lowest BCUT2D eigenvalue weighted by Gasteiger charge is -2.52. The fourth-order valence-corrected chi connectivity index (χ4v) is 4.24. The van der Waals surface area contributed by atoms with Gasteiger partial charge in [0.1, 0.15) is 0 Å². The summed E-state index contributed by atoms with van der Waals surface area (Å²) in [7, 11) is 2.09. The summed E-state index contributed by atoms with van der Waals surface area (Å²) in [4.78, 5) is 14.3. The standard InChI is InChI=1S/C23H31N3O2/c1-23(2)18(12-21(23)24-22(27)17-9-10-17)11-19-13-20(28-25-19)15-26(3)14-16-7-5-4-6-8-16/h4-8,13,17-18,21H,9-12,14-15H2,1-3H3,(H,24,27). The maximum absolute atomic E-state index is 12.1. The van der Waals surface area contributed by atoms with Crippen LogP contribution in [0.5, 0.6) is 0 Å². The quantitative estimate of drug-likeness (QED) is 0.756. The molecule has 5 heteroatoms. The van der Waals surface area contributed by atoms with E-state index in [1.54, 1.807) is 0 Å². The Labute approximate surface area is 167 Å². The second-order valence-electron chi connectivity index (χ2n) is 9.24. The minimum absolute atomic E-state index is 0.105. The van der Waals surface area contributed by atoms with Crippen molar-refractivity contribution in [3.05, 3.63) is 53.4 Å². The molecule has 2 aromatic rings. The first-order valence-corrected chi connectivity index (χ1v) is 10.4. The molecular formula is C23H31N3O2. The van der Waals surface area contributed by atoms with Gasteiger partial charge in [-0.3, -0.25) is 9.69 Å². The van der Waals surface area contributed by atoms with Gasteiger partial charge in [0, 0.05) is 24.6 Å². The summed E-state index contributed by atoms with van der Waals surface area (Å²) >= 11 is 0. The SMILES string of the molecule is CN(Cc1ccccc1)Cc1cc(CC2CC(NC(=O)C3CC3)C2(C)C)no1. The Morgan fingerprint density at radius 1 is 1.25 bits per heavy atom. The summed E-state index contributed by atoms with van der Waals surface area (Å²) in [5.74, 6) is 1.96. The highest BCUT2D eigenvalue weighted by Crippen LogP contribution is 2.48. The van der Waals surface area contributed by atoms with E-state index in [0.29, 0.717) is 5.92 Å². The maximum atomic E-state index is 12.1. The van der Waals surface area contributed by atoms with E-state index in [-0.39, 0.29) is 23.3 Å². The Morgan fingerprint density at radius 2 is 2.00 bits per heavy atom. The van der Waals surface area contributed by atoms with Gasteiger partial charge in [-0.2, -0.15) is 0 Å². The number of hydrogen-bond donors (Lipinski definition) is 1. The van der Waals surface area contributed by atoms with E-state index >= 15 is 0 Å². The average Bonchev–Trinajstić information content (AvgIpc) is 3.43. The van der Waals surface area contributed by atoms with Gasteiger partial charge < -0.3 is 9.84 Å². The number of rotatable bonds is 8. The molecule has 2 saturated carbocycles. The van der Waals surface area contributed by atoms with E-state index < -0.39 is 0 Å². The first kappa shape index (κ1) is 19.2. The van der Waals surface area contributed by atoms with Gasteiger partial charge in [-0.1, -0.05) is 49.3 Å². The molecule has 2 unspecified atom stereocenters. The van der Waals surface area contributed by atoms with E-state index in [9.17, 15) is 4.79 Å². The highest BCUT2D eigenvalue weighted by molar-refractivity contribution is 5.81. The molecule has 0 radical (unpaired) electrons. The van der Waals surface area contributed by atoms with Crippen LogP contribution < -0.4 is 5.32 Å². The third kappa shape index (κ3) is 4.30. The molecule has 1 aromatic heterocycles. The molecule has 2 aliphatic carbocycles. The molecule has 0 aliphatic heterocycles. The predicted octanol–water partition coefficient (Wildman–Crippen LogP) is 3.79. The van der Waals surface area contributed by atoms with E-state index in [2.05, 4.69) is 66.6 Å². The van der Waals surface area contributed by atoms with Crippen LogP contribution in [0.25, 0.3) is 0 Å². The van der Waals surface area contributed by atoms with Crippen molar-refractivity contribution in [1.82, 2.24) is 15.4 Å². The Balaban J connectivity index is 1.27. The highest BCUT2D eigenvalue weighted by Gasteiger charge is 2.49. The number of nitrogens with zero attached hydrogens (tertiary/aromatic N) is 2. The minimum atomic E-state index is 0.105. The number of nitrogens with one attached hydrogen (secondary N) is 1. The van der Waals surface area contributed by atoms with Gasteiger partial charge in [0.2, 0.25) is 5.91 Å². The Kier molecular flexibility index (Phi) is 5.28. The summed E-state index contributed by atoms with van der Waals surface area (Å²) in [5, 5.41) is 7.55. The highest BCUT2D eigenvalue weighted by atomic mass is 16.5. The van der Waals surface area contributed by atoms with Gasteiger partial charge in [0.05, 0.1) is 12.2 Å². The Morgan fingerprint density at radius 3 is 2.68 bits per heavy atom. The molecule has 1 heterocycles. The molecule has 1 amide bonds. The van der Waals surface area contributed by atoms with Gasteiger partial charge >= 0.3 is 0 Å². The molecule has 0 spiro atoms. The molecule has 1 aromatic carbocycles. The lowest BCUT2D eigenvalue weighted by molar-refractivity contribution is -0.126. The molecule has 2 fully saturated rings. The second-order valence-corrected chi connectivity index (χ2v) is 9.24. The summed E-state index contributed by atoms with van der Waals surface area (Å²) in [6.07, 6.45) is 4.06. The van der Waals surface area contributed by atoms with Crippen LogP contribution in [-0.4, -0.2) is 29.1 Å². The normalized spacial score (nSPS) is 23.4. The number of carbonyl (C=O) groups is 1. The van der Waals surface area contributed by atoms with Crippen LogP contribution in [0.2, 0.25) is 0 Å². The first-order valence-electron chi connectivity index (χ1n) is 10.4. The molecule has 2 aliphatic rings. The van der Waals surface area contributed by atoms with Gasteiger partial charge in [0.15, 0.2) is 5.76 Å². The Bertz CT molecular complexity index is 810. The summed E-state index contributed by atoms with van der Waals surface area (Å²) in [6, 6.07) is 12.8. The van der Waals surface area contributed by atoms with Crippen molar-refractivity contribution in [2.24, 2.45) is 17.3 Å². The second kappa shape index (κ2) is 7.70. The van der Waals surface area contributed by atoms with Gasteiger partial charge in [-0.15, -0.1) is 0 Å². The van der Waals surface area contributed by atoms with Crippen LogP contribution in [0.1, 0.15) is 50.1 Å². The molecule has 0 bridgehead atoms. The number of aromatic nitrogens is 1. The third-order valence-electron chi connectivity index (χ3n) is 6.52. The molecule has 4 rings (SSSR count). The Hall–Kier alpha value is -2.14. The van der Waals surface area contributed by atoms with E-state index in [1.807, 2.05) is 6.07 Å². The molecule has 5 nitrogen and oxygen atoms in total. The molecule has 0 saturated heterocycles. The largest absolute Gasteiger partial charge is 0.360 e. The van der Waals surface area contributed by atoms with E-state index in [0.717, 1.165) is 50.2 Å². The summed E-state index contributed by atoms with van der Waals surface area (Å²) < 4.78 is 5.58. The molecule has 2 atom stereocenters. The molecule has 28 heavy (non-hydrogen) atoms. The smallest absolute Gasteiger partial charge is 0.223 e. The monoisotopic (exact) mass is 381 g/mol. The van der Waals surface area contributed by atoms with Crippen LogP contribution in [-0.2, 0) is 24.3 Å². The number of amides is 1. The summed E-state index contributed by atoms with van der Waals surface area (Å²) in [6.45, 7) is 6.15. The fraction of sp³-hybridized carbons (Fsp3) is 0.565. The lowest BCUT2D eigenvalue weighted by Crippen LogP contribution is -2.59. The average molecular weight is 382 g/mol. The zero-order valence-corrected chi connectivity index (χ0v) is 17.1. The van der Waals surface area contributed by atoms with Gasteiger partial charge in [-0.25, -0.2) is 0 Å². The van der Waals surface area contributed by atoms with Crippen molar-refractivity contribution >= 4 is 5.91 Å². The van der Waals surface area contributed by atoms with Crippen LogP contribution in [0.4, 0.5) is 0 Å². The van der Waals surface area contributed by atoms with Crippen LogP contribution in [0.15, 0.2) is 40.9 Å². The lowest BCUT2D eigenvalue weighted by atomic mass is 9.57. The molecule has 150 valence electrons. The predicted molar refractivity (Wildman–Crippen MR) is 108 cm³/mol. The zero-order valence-electron chi connectivity index (χ0n) is 17.1. The number of hydrogen-bond acceptors (Lipinski definition) is 4. The van der Waals surface area contributed by atoms with Crippen LogP contribution >= 0.6 is 0 Å².